The van der Waals surface area contributed by atoms with E-state index in [4.69, 9.17) is 14.6 Å². The highest BCUT2D eigenvalue weighted by Crippen LogP contribution is 2.39. The van der Waals surface area contributed by atoms with E-state index in [9.17, 15) is 31.4 Å². The van der Waals surface area contributed by atoms with E-state index in [1.165, 1.54) is 48.5 Å². The van der Waals surface area contributed by atoms with Crippen molar-refractivity contribution in [3.05, 3.63) is 84.4 Å². The molecular weight excluding hydrogens is 492 g/mol. The van der Waals surface area contributed by atoms with Gasteiger partial charge in [0, 0.05) is 18.3 Å². The number of para-hydroxylation sites is 1. The maximum absolute atomic E-state index is 13.8. The molecule has 0 aliphatic rings. The summed E-state index contributed by atoms with van der Waals surface area (Å²) in [5.74, 6) is 0.582. The fraction of sp³-hybridized carbons (Fsp3) is 0.280. The molecule has 11 heteroatoms. The second-order valence-electron chi connectivity index (χ2n) is 8.03. The maximum Gasteiger partial charge on any atom is 0.436 e. The Morgan fingerprint density at radius 3 is 2.06 bits per heavy atom. The molecule has 0 saturated carbocycles. The van der Waals surface area contributed by atoms with E-state index < -0.39 is 37.3 Å². The molecule has 0 aromatic heterocycles. The molecule has 0 spiro atoms. The molecule has 0 amide bonds. The Labute approximate surface area is 203 Å². The Morgan fingerprint density at radius 2 is 1.42 bits per heavy atom. The summed E-state index contributed by atoms with van der Waals surface area (Å²) in [4.78, 5) is 0.689. The molecule has 3 aromatic rings. The van der Waals surface area contributed by atoms with Crippen LogP contribution in [0.25, 0.3) is 0 Å². The van der Waals surface area contributed by atoms with E-state index in [1.807, 2.05) is 0 Å². The Kier molecular flexibility index (Phi) is 8.05. The number of rotatable bonds is 9. The SMILES string of the molecule is CC(O)(N(Cc1cccc(OCC(O)C(F)(F)F)c1)c1cccc(Oc2ccccc2)c1)C(F)(F)F. The van der Waals surface area contributed by atoms with Crippen molar-refractivity contribution < 1.29 is 46.0 Å². The van der Waals surface area contributed by atoms with Gasteiger partial charge in [0.2, 0.25) is 5.72 Å². The predicted molar refractivity (Wildman–Crippen MR) is 120 cm³/mol. The quantitative estimate of drug-likeness (QED) is 0.268. The largest absolute Gasteiger partial charge is 0.491 e. The summed E-state index contributed by atoms with van der Waals surface area (Å²) >= 11 is 0. The van der Waals surface area contributed by atoms with Gasteiger partial charge in [0.1, 0.15) is 23.9 Å². The highest BCUT2D eigenvalue weighted by molar-refractivity contribution is 5.54. The molecule has 36 heavy (non-hydrogen) atoms. The maximum atomic E-state index is 13.8. The molecule has 0 radical (unpaired) electrons. The van der Waals surface area contributed by atoms with E-state index in [2.05, 4.69) is 0 Å². The summed E-state index contributed by atoms with van der Waals surface area (Å²) in [6, 6.07) is 19.6. The molecule has 2 atom stereocenters. The first-order valence-electron chi connectivity index (χ1n) is 10.6. The number of halogens is 6. The van der Waals surface area contributed by atoms with Gasteiger partial charge >= 0.3 is 12.4 Å². The monoisotopic (exact) mass is 515 g/mol. The number of anilines is 1. The third kappa shape index (κ3) is 6.82. The molecule has 0 aliphatic heterocycles. The van der Waals surface area contributed by atoms with Gasteiger partial charge in [-0.1, -0.05) is 36.4 Å². The van der Waals surface area contributed by atoms with Crippen LogP contribution < -0.4 is 14.4 Å². The van der Waals surface area contributed by atoms with Gasteiger partial charge in [-0.3, -0.25) is 0 Å². The van der Waals surface area contributed by atoms with Crippen LogP contribution in [0.3, 0.4) is 0 Å². The van der Waals surface area contributed by atoms with Crippen LogP contribution in [0.5, 0.6) is 17.2 Å². The van der Waals surface area contributed by atoms with E-state index in [1.54, 1.807) is 30.3 Å². The summed E-state index contributed by atoms with van der Waals surface area (Å²) in [5, 5.41) is 19.6. The predicted octanol–water partition coefficient (Wildman–Crippen LogP) is 6.06. The van der Waals surface area contributed by atoms with Gasteiger partial charge in [0.05, 0.1) is 0 Å². The minimum Gasteiger partial charge on any atom is -0.491 e. The second kappa shape index (κ2) is 10.7. The molecule has 3 aromatic carbocycles. The first-order chi connectivity index (χ1) is 16.8. The Hall–Kier alpha value is -3.44. The van der Waals surface area contributed by atoms with Crippen LogP contribution in [0, 0.1) is 0 Å². The molecule has 0 bridgehead atoms. The fourth-order valence-electron chi connectivity index (χ4n) is 3.18. The van der Waals surface area contributed by atoms with Crippen LogP contribution in [0.1, 0.15) is 12.5 Å². The normalized spacial score (nSPS) is 14.6. The van der Waals surface area contributed by atoms with Gasteiger partial charge < -0.3 is 24.6 Å². The van der Waals surface area contributed by atoms with Crippen molar-refractivity contribution in [3.8, 4) is 17.2 Å². The minimum atomic E-state index is -5.06. The molecule has 2 N–H and O–H groups in total. The van der Waals surface area contributed by atoms with Gasteiger partial charge in [0.15, 0.2) is 6.10 Å². The Morgan fingerprint density at radius 1 is 0.806 bits per heavy atom. The topological polar surface area (TPSA) is 62.2 Å². The summed E-state index contributed by atoms with van der Waals surface area (Å²) in [7, 11) is 0. The molecule has 0 aliphatic carbocycles. The highest BCUT2D eigenvalue weighted by atomic mass is 19.4. The molecule has 0 heterocycles. The summed E-state index contributed by atoms with van der Waals surface area (Å²) in [6.07, 6.45) is -12.7. The van der Waals surface area contributed by atoms with Crippen molar-refractivity contribution in [2.45, 2.75) is 37.7 Å². The van der Waals surface area contributed by atoms with E-state index >= 15 is 0 Å². The summed E-state index contributed by atoms with van der Waals surface area (Å²) < 4.78 is 89.7. The van der Waals surface area contributed by atoms with Crippen molar-refractivity contribution in [3.63, 3.8) is 0 Å². The third-order valence-corrected chi connectivity index (χ3v) is 5.20. The number of aliphatic hydroxyl groups is 2. The molecule has 0 saturated heterocycles. The number of hydrogen-bond acceptors (Lipinski definition) is 5. The highest BCUT2D eigenvalue weighted by Gasteiger charge is 2.54. The fourth-order valence-corrected chi connectivity index (χ4v) is 3.18. The Bertz CT molecular complexity index is 1140. The summed E-state index contributed by atoms with van der Waals surface area (Å²) in [6.45, 7) is -0.978. The summed E-state index contributed by atoms with van der Waals surface area (Å²) in [5.41, 5.74) is -3.14. The van der Waals surface area contributed by atoms with Crippen molar-refractivity contribution in [1.29, 1.82) is 0 Å². The lowest BCUT2D eigenvalue weighted by molar-refractivity contribution is -0.253. The van der Waals surface area contributed by atoms with E-state index in [0.717, 1.165) is 0 Å². The molecule has 0 fully saturated rings. The Balaban J connectivity index is 1.89. The van der Waals surface area contributed by atoms with Crippen LogP contribution >= 0.6 is 0 Å². The average Bonchev–Trinajstić information content (AvgIpc) is 2.80. The van der Waals surface area contributed by atoms with Crippen LogP contribution in [-0.2, 0) is 6.54 Å². The van der Waals surface area contributed by atoms with Crippen molar-refractivity contribution in [2.75, 3.05) is 11.5 Å². The zero-order valence-corrected chi connectivity index (χ0v) is 18.9. The zero-order chi connectivity index (χ0) is 26.6. The van der Waals surface area contributed by atoms with Gasteiger partial charge in [-0.15, -0.1) is 0 Å². The number of ether oxygens (including phenoxy) is 2. The second-order valence-corrected chi connectivity index (χ2v) is 8.03. The van der Waals surface area contributed by atoms with Crippen molar-refractivity contribution >= 4 is 5.69 Å². The van der Waals surface area contributed by atoms with E-state index in [0.29, 0.717) is 17.6 Å². The lowest BCUT2D eigenvalue weighted by Gasteiger charge is -2.40. The van der Waals surface area contributed by atoms with Gasteiger partial charge in [0.25, 0.3) is 0 Å². The van der Waals surface area contributed by atoms with Crippen molar-refractivity contribution in [2.24, 2.45) is 0 Å². The first-order valence-corrected chi connectivity index (χ1v) is 10.6. The lowest BCUT2D eigenvalue weighted by Crippen LogP contribution is -2.56. The number of benzene rings is 3. The minimum absolute atomic E-state index is 0.0235. The van der Waals surface area contributed by atoms with Crippen LogP contribution in [0.4, 0.5) is 32.0 Å². The van der Waals surface area contributed by atoms with Gasteiger partial charge in [-0.05, 0) is 48.9 Å². The number of nitrogens with zero attached hydrogens (tertiary/aromatic N) is 1. The van der Waals surface area contributed by atoms with Crippen molar-refractivity contribution in [1.82, 2.24) is 0 Å². The first kappa shape index (κ1) is 27.2. The molecular formula is C25H23F6NO4. The third-order valence-electron chi connectivity index (χ3n) is 5.20. The average molecular weight is 515 g/mol. The van der Waals surface area contributed by atoms with Crippen LogP contribution in [0.15, 0.2) is 78.9 Å². The number of aliphatic hydroxyl groups excluding tert-OH is 1. The zero-order valence-electron chi connectivity index (χ0n) is 18.9. The standard InChI is InChI=1S/C25H23F6NO4/c1-23(34,25(29,30)31)32(18-8-6-12-21(14-18)36-19-9-3-2-4-10-19)15-17-7-5-11-20(13-17)35-16-22(33)24(26,27)28/h2-14,22,33-34H,15-16H2,1H3. The molecule has 3 rings (SSSR count). The van der Waals surface area contributed by atoms with Gasteiger partial charge in [-0.2, -0.15) is 26.3 Å². The van der Waals surface area contributed by atoms with E-state index in [-0.39, 0.29) is 22.7 Å². The molecule has 5 nitrogen and oxygen atoms in total. The lowest BCUT2D eigenvalue weighted by atomic mass is 10.1. The smallest absolute Gasteiger partial charge is 0.436 e. The number of alkyl halides is 6. The number of hydrogen-bond donors (Lipinski definition) is 2. The van der Waals surface area contributed by atoms with Crippen LogP contribution in [0.2, 0.25) is 0 Å². The van der Waals surface area contributed by atoms with Crippen LogP contribution in [-0.4, -0.2) is 41.0 Å². The molecule has 194 valence electrons. The van der Waals surface area contributed by atoms with Gasteiger partial charge in [-0.25, -0.2) is 0 Å². The molecule has 2 unspecified atom stereocenters.